The molecule has 4 rings (SSSR count). The smallest absolute Gasteiger partial charge is 0.434 e. The summed E-state index contributed by atoms with van der Waals surface area (Å²) in [5.41, 5.74) is 1.11. The summed E-state index contributed by atoms with van der Waals surface area (Å²) >= 11 is 2.21. The zero-order valence-electron chi connectivity index (χ0n) is 23.0. The molecule has 9 heteroatoms. The van der Waals surface area contributed by atoms with Crippen molar-refractivity contribution in [2.24, 2.45) is 0 Å². The topological polar surface area (TPSA) is 99.1 Å². The molecule has 0 radical (unpaired) electrons. The van der Waals surface area contributed by atoms with Crippen LogP contribution >= 0.6 is 23.5 Å². The van der Waals surface area contributed by atoms with Gasteiger partial charge in [-0.2, -0.15) is 0 Å². The fourth-order valence-corrected chi connectivity index (χ4v) is 5.28. The zero-order chi connectivity index (χ0) is 30.1. The average Bonchev–Trinajstić information content (AvgIpc) is 2.99. The minimum atomic E-state index is -0.985. The van der Waals surface area contributed by atoms with Gasteiger partial charge in [0.25, 0.3) is 0 Å². The van der Waals surface area contributed by atoms with Crippen molar-refractivity contribution in [3.05, 3.63) is 103 Å². The molecule has 1 atom stereocenters. The highest BCUT2D eigenvalue weighted by atomic mass is 32.2. The van der Waals surface area contributed by atoms with Gasteiger partial charge in [0.2, 0.25) is 10.2 Å². The van der Waals surface area contributed by atoms with Crippen LogP contribution in [0.2, 0.25) is 0 Å². The molecule has 0 saturated carbocycles. The molecule has 0 fully saturated rings. The summed E-state index contributed by atoms with van der Waals surface area (Å²) in [5, 5.41) is 13.0. The number of aliphatic hydroxyl groups excluding tert-OH is 1. The highest BCUT2D eigenvalue weighted by Crippen LogP contribution is 2.32. The molecule has 4 aromatic carbocycles. The molecule has 0 saturated heterocycles. The van der Waals surface area contributed by atoms with Gasteiger partial charge >= 0.3 is 6.16 Å². The number of carbonyl (C=O) groups excluding carboxylic acids is 3. The molecule has 0 aliphatic heterocycles. The summed E-state index contributed by atoms with van der Waals surface area (Å²) in [6.45, 7) is 9.26. The number of ether oxygens (including phenoxy) is 3. The van der Waals surface area contributed by atoms with Crippen molar-refractivity contribution in [3.8, 4) is 5.75 Å². The second-order valence-corrected chi connectivity index (χ2v) is 11.5. The molecule has 0 spiro atoms. The summed E-state index contributed by atoms with van der Waals surface area (Å²) in [6.07, 6.45) is 0.663. The highest BCUT2D eigenvalue weighted by Gasteiger charge is 2.12. The molecule has 0 bridgehead atoms. The Labute approximate surface area is 252 Å². The monoisotopic (exact) mass is 602 g/mol. The number of aliphatic hydroxyl groups is 1. The number of hydrogen-bond acceptors (Lipinski definition) is 9. The lowest BCUT2D eigenvalue weighted by molar-refractivity contribution is -0.107. The van der Waals surface area contributed by atoms with Crippen molar-refractivity contribution in [1.82, 2.24) is 0 Å². The Balaban J connectivity index is 1.34. The van der Waals surface area contributed by atoms with E-state index in [1.165, 1.54) is 6.08 Å². The Morgan fingerprint density at radius 1 is 0.857 bits per heavy atom. The van der Waals surface area contributed by atoms with E-state index in [0.717, 1.165) is 54.9 Å². The number of unbranched alkanes of at least 4 members (excludes halogenated alkanes) is 1. The molecule has 1 unspecified atom stereocenters. The third kappa shape index (κ3) is 8.56. The van der Waals surface area contributed by atoms with Gasteiger partial charge in [0, 0.05) is 15.4 Å². The van der Waals surface area contributed by atoms with Gasteiger partial charge in [-0.3, -0.25) is 9.59 Å². The fraction of sp³-hybridized carbons (Fsp3) is 0.182. The molecule has 4 aromatic rings. The van der Waals surface area contributed by atoms with Gasteiger partial charge in [0.15, 0.2) is 6.29 Å². The van der Waals surface area contributed by atoms with E-state index in [1.54, 1.807) is 25.1 Å². The lowest BCUT2D eigenvalue weighted by Crippen LogP contribution is -2.14. The van der Waals surface area contributed by atoms with Crippen molar-refractivity contribution in [1.29, 1.82) is 0 Å². The molecular formula is C33H30O7S2. The normalized spacial score (nSPS) is 11.7. The first kappa shape index (κ1) is 31.1. The van der Waals surface area contributed by atoms with Crippen LogP contribution < -0.4 is 4.74 Å². The van der Waals surface area contributed by atoms with Gasteiger partial charge in [-0.05, 0) is 125 Å². The van der Waals surface area contributed by atoms with E-state index < -0.39 is 12.4 Å². The van der Waals surface area contributed by atoms with Crippen LogP contribution in [-0.2, 0) is 14.3 Å². The molecule has 0 aromatic heterocycles. The highest BCUT2D eigenvalue weighted by molar-refractivity contribution is 8.14. The second-order valence-electron chi connectivity index (χ2n) is 9.35. The maximum atomic E-state index is 13.0. The van der Waals surface area contributed by atoms with Crippen molar-refractivity contribution in [2.45, 2.75) is 35.8 Å². The van der Waals surface area contributed by atoms with E-state index in [9.17, 15) is 19.5 Å². The predicted molar refractivity (Wildman–Crippen MR) is 167 cm³/mol. The summed E-state index contributed by atoms with van der Waals surface area (Å²) in [5.74, 6) is 0.362. The van der Waals surface area contributed by atoms with E-state index in [4.69, 9.17) is 14.2 Å². The summed E-state index contributed by atoms with van der Waals surface area (Å²) in [6, 6.07) is 22.0. The van der Waals surface area contributed by atoms with Gasteiger partial charge in [-0.25, -0.2) is 4.79 Å². The number of fused-ring (bicyclic) bond motifs is 3. The van der Waals surface area contributed by atoms with E-state index in [0.29, 0.717) is 36.3 Å². The molecule has 0 aliphatic rings. The van der Waals surface area contributed by atoms with Gasteiger partial charge in [-0.1, -0.05) is 37.4 Å². The van der Waals surface area contributed by atoms with Crippen LogP contribution in [0.15, 0.2) is 107 Å². The fourth-order valence-electron chi connectivity index (χ4n) is 3.96. The molecule has 216 valence electrons. The van der Waals surface area contributed by atoms with Gasteiger partial charge in [0.05, 0.1) is 13.2 Å². The first-order valence-corrected chi connectivity index (χ1v) is 14.8. The maximum absolute atomic E-state index is 13.0. The van der Waals surface area contributed by atoms with E-state index in [1.807, 2.05) is 54.6 Å². The summed E-state index contributed by atoms with van der Waals surface area (Å²) < 4.78 is 15.7. The summed E-state index contributed by atoms with van der Waals surface area (Å²) in [7, 11) is 0. The van der Waals surface area contributed by atoms with Crippen molar-refractivity contribution >= 4 is 61.5 Å². The molecule has 0 aliphatic carbocycles. The Kier molecular flexibility index (Phi) is 11.0. The average molecular weight is 603 g/mol. The van der Waals surface area contributed by atoms with Crippen molar-refractivity contribution in [2.75, 3.05) is 13.2 Å². The number of thioether (sulfide) groups is 2. The van der Waals surface area contributed by atoms with Crippen LogP contribution in [0.25, 0.3) is 21.5 Å². The molecule has 7 nitrogen and oxygen atoms in total. The quantitative estimate of drug-likeness (QED) is 0.0253. The van der Waals surface area contributed by atoms with E-state index >= 15 is 0 Å². The third-order valence-corrected chi connectivity index (χ3v) is 7.92. The van der Waals surface area contributed by atoms with Crippen LogP contribution in [0.3, 0.4) is 0 Å². The SMILES string of the molecule is C=CC(=O)Sc1ccc(SC(=O)c2ccc3c(ccc4cc(OC(=O)OCCCCOC(O)C(=C)C)ccc43)c2)cc1. The van der Waals surface area contributed by atoms with E-state index in [-0.39, 0.29) is 16.8 Å². The Morgan fingerprint density at radius 2 is 1.48 bits per heavy atom. The first-order chi connectivity index (χ1) is 20.2. The lowest BCUT2D eigenvalue weighted by atomic mass is 10.0. The number of benzene rings is 4. The number of hydrogen-bond donors (Lipinski definition) is 1. The van der Waals surface area contributed by atoms with Crippen LogP contribution in [-0.4, -0.2) is 41.0 Å². The molecule has 42 heavy (non-hydrogen) atoms. The van der Waals surface area contributed by atoms with Crippen LogP contribution in [0.1, 0.15) is 30.1 Å². The first-order valence-electron chi connectivity index (χ1n) is 13.2. The summed E-state index contributed by atoms with van der Waals surface area (Å²) in [4.78, 5) is 38.2. The van der Waals surface area contributed by atoms with Crippen molar-refractivity contribution < 1.29 is 33.7 Å². The van der Waals surface area contributed by atoms with Crippen LogP contribution in [0.4, 0.5) is 4.79 Å². The Hall–Kier alpha value is -3.89. The second kappa shape index (κ2) is 14.8. The Morgan fingerprint density at radius 3 is 2.14 bits per heavy atom. The van der Waals surface area contributed by atoms with Gasteiger partial charge in [0.1, 0.15) is 5.75 Å². The largest absolute Gasteiger partial charge is 0.513 e. The molecule has 0 amide bonds. The van der Waals surface area contributed by atoms with Crippen molar-refractivity contribution in [3.63, 3.8) is 0 Å². The predicted octanol–water partition coefficient (Wildman–Crippen LogP) is 7.94. The van der Waals surface area contributed by atoms with E-state index in [2.05, 4.69) is 13.2 Å². The van der Waals surface area contributed by atoms with Crippen LogP contribution in [0, 0.1) is 0 Å². The lowest BCUT2D eigenvalue weighted by Gasteiger charge is -2.11. The molecule has 1 N–H and O–H groups in total. The van der Waals surface area contributed by atoms with Gasteiger partial charge < -0.3 is 19.3 Å². The standard InChI is InChI=1S/C33H30O7S2/c1-4-30(34)41-26-11-13-27(14-12-26)42-32(36)24-9-15-28-22(19-24)7-8-23-20-25(10-16-29(23)28)40-33(37)39-18-6-5-17-38-31(35)21(2)3/h4,7-16,19-20,31,35H,1-2,5-6,17-18H2,3H3. The maximum Gasteiger partial charge on any atom is 0.513 e. The number of rotatable bonds is 12. The zero-order valence-corrected chi connectivity index (χ0v) is 24.7. The minimum Gasteiger partial charge on any atom is -0.434 e. The molecular weight excluding hydrogens is 572 g/mol. The third-order valence-electron chi connectivity index (χ3n) is 6.12. The van der Waals surface area contributed by atoms with Gasteiger partial charge in [-0.15, -0.1) is 0 Å². The Bertz CT molecular complexity index is 1630. The minimum absolute atomic E-state index is 0.0844. The number of carbonyl (C=O) groups is 3. The van der Waals surface area contributed by atoms with Crippen LogP contribution in [0.5, 0.6) is 5.75 Å². The molecule has 0 heterocycles.